The van der Waals surface area contributed by atoms with Crippen molar-refractivity contribution in [1.82, 2.24) is 4.90 Å². The molecule has 1 aliphatic rings. The monoisotopic (exact) mass is 456 g/mol. The molecule has 32 heavy (non-hydrogen) atoms. The summed E-state index contributed by atoms with van der Waals surface area (Å²) in [4.78, 5) is 40.3. The molecular weight excluding hydrogens is 432 g/mol. The standard InChI is InChI=1S/C24H25ClN2O5/c1-16(2)13-26-14-18-6-4-5-7-22(18)27(15-23(26)29)24(30)20-9-8-19(12-21(20)25)32-11-10-31-17(3)28/h4-9,12H,1,10-11,13-15H2,2-3H3. The first-order chi connectivity index (χ1) is 15.3. The third-order valence-electron chi connectivity index (χ3n) is 4.82. The van der Waals surface area contributed by atoms with Crippen LogP contribution in [0.1, 0.15) is 29.8 Å². The first-order valence-corrected chi connectivity index (χ1v) is 10.5. The number of fused-ring (bicyclic) bond motifs is 1. The average molecular weight is 457 g/mol. The second kappa shape index (κ2) is 10.3. The first kappa shape index (κ1) is 23.3. The van der Waals surface area contributed by atoms with Crippen molar-refractivity contribution in [3.63, 3.8) is 0 Å². The second-order valence-electron chi connectivity index (χ2n) is 7.56. The van der Waals surface area contributed by atoms with E-state index >= 15 is 0 Å². The predicted molar refractivity (Wildman–Crippen MR) is 122 cm³/mol. The van der Waals surface area contributed by atoms with Gasteiger partial charge >= 0.3 is 5.97 Å². The van der Waals surface area contributed by atoms with Crippen LogP contribution in [0.25, 0.3) is 0 Å². The minimum absolute atomic E-state index is 0.0971. The van der Waals surface area contributed by atoms with Crippen LogP contribution in [-0.4, -0.2) is 49.0 Å². The summed E-state index contributed by atoms with van der Waals surface area (Å²) in [6, 6.07) is 12.2. The van der Waals surface area contributed by atoms with Crippen LogP contribution in [0, 0.1) is 0 Å². The molecule has 1 aliphatic heterocycles. The van der Waals surface area contributed by atoms with Crippen LogP contribution in [0.15, 0.2) is 54.6 Å². The molecule has 0 saturated carbocycles. The summed E-state index contributed by atoms with van der Waals surface area (Å²) in [5, 5.41) is 0.202. The number of carbonyl (C=O) groups is 3. The molecule has 0 radical (unpaired) electrons. The van der Waals surface area contributed by atoms with E-state index in [1.54, 1.807) is 17.0 Å². The van der Waals surface area contributed by atoms with Gasteiger partial charge in [0.05, 0.1) is 10.6 Å². The van der Waals surface area contributed by atoms with Crippen molar-refractivity contribution < 1.29 is 23.9 Å². The number of hydrogen-bond donors (Lipinski definition) is 0. The van der Waals surface area contributed by atoms with Crippen LogP contribution in [-0.2, 0) is 20.9 Å². The number of rotatable bonds is 7. The quantitative estimate of drug-likeness (QED) is 0.359. The lowest BCUT2D eigenvalue weighted by Crippen LogP contribution is -2.40. The summed E-state index contributed by atoms with van der Waals surface area (Å²) in [6.45, 7) is 8.08. The van der Waals surface area contributed by atoms with Gasteiger partial charge in [-0.05, 0) is 36.8 Å². The highest BCUT2D eigenvalue weighted by molar-refractivity contribution is 6.34. The zero-order chi connectivity index (χ0) is 23.3. The maximum absolute atomic E-state index is 13.4. The SMILES string of the molecule is C=C(C)CN1Cc2ccccc2N(C(=O)c2ccc(OCCOC(C)=O)cc2Cl)CC1=O. The van der Waals surface area contributed by atoms with Crippen molar-refractivity contribution >= 4 is 35.1 Å². The molecule has 0 saturated heterocycles. The normalized spacial score (nSPS) is 13.3. The fourth-order valence-corrected chi connectivity index (χ4v) is 3.67. The minimum atomic E-state index is -0.387. The van der Waals surface area contributed by atoms with E-state index < -0.39 is 0 Å². The van der Waals surface area contributed by atoms with Gasteiger partial charge in [-0.2, -0.15) is 0 Å². The van der Waals surface area contributed by atoms with Crippen molar-refractivity contribution in [1.29, 1.82) is 0 Å². The fraction of sp³-hybridized carbons (Fsp3) is 0.292. The number of esters is 1. The summed E-state index contributed by atoms with van der Waals surface area (Å²) < 4.78 is 10.3. The smallest absolute Gasteiger partial charge is 0.302 e. The highest BCUT2D eigenvalue weighted by Gasteiger charge is 2.30. The molecule has 8 heteroatoms. The highest BCUT2D eigenvalue weighted by atomic mass is 35.5. The van der Waals surface area contributed by atoms with Gasteiger partial charge < -0.3 is 14.4 Å². The first-order valence-electron chi connectivity index (χ1n) is 10.1. The van der Waals surface area contributed by atoms with Gasteiger partial charge in [0.2, 0.25) is 5.91 Å². The second-order valence-corrected chi connectivity index (χ2v) is 7.96. The minimum Gasteiger partial charge on any atom is -0.490 e. The molecule has 0 atom stereocenters. The van der Waals surface area contributed by atoms with Crippen LogP contribution in [0.5, 0.6) is 5.75 Å². The van der Waals surface area contributed by atoms with Crippen LogP contribution in [0.3, 0.4) is 0 Å². The molecule has 0 bridgehead atoms. The fourth-order valence-electron chi connectivity index (χ4n) is 3.42. The van der Waals surface area contributed by atoms with Gasteiger partial charge in [-0.3, -0.25) is 19.3 Å². The number of anilines is 1. The molecule has 7 nitrogen and oxygen atoms in total. The number of halogens is 1. The van der Waals surface area contributed by atoms with E-state index in [2.05, 4.69) is 6.58 Å². The van der Waals surface area contributed by atoms with E-state index in [0.29, 0.717) is 24.5 Å². The van der Waals surface area contributed by atoms with Crippen molar-refractivity contribution in [2.45, 2.75) is 20.4 Å². The largest absolute Gasteiger partial charge is 0.490 e. The van der Waals surface area contributed by atoms with E-state index in [1.165, 1.54) is 17.9 Å². The Morgan fingerprint density at radius 2 is 1.84 bits per heavy atom. The molecule has 3 rings (SSSR count). The zero-order valence-corrected chi connectivity index (χ0v) is 18.9. The summed E-state index contributed by atoms with van der Waals surface area (Å²) in [5.74, 6) is -0.487. The highest BCUT2D eigenvalue weighted by Crippen LogP contribution is 2.30. The summed E-state index contributed by atoms with van der Waals surface area (Å²) in [5.41, 5.74) is 2.67. The van der Waals surface area contributed by atoms with Gasteiger partial charge in [-0.15, -0.1) is 0 Å². The number of amides is 2. The third kappa shape index (κ3) is 5.68. The lowest BCUT2D eigenvalue weighted by molar-refractivity contribution is -0.141. The Hall–Kier alpha value is -3.32. The Kier molecular flexibility index (Phi) is 7.53. The van der Waals surface area contributed by atoms with Gasteiger partial charge in [0, 0.05) is 25.7 Å². The van der Waals surface area contributed by atoms with Gasteiger partial charge in [0.25, 0.3) is 5.91 Å². The van der Waals surface area contributed by atoms with E-state index in [4.69, 9.17) is 21.1 Å². The van der Waals surface area contributed by atoms with Gasteiger partial charge in [-0.1, -0.05) is 42.0 Å². The van der Waals surface area contributed by atoms with Gasteiger partial charge in [0.15, 0.2) is 0 Å². The topological polar surface area (TPSA) is 76.2 Å². The average Bonchev–Trinajstić information content (AvgIpc) is 2.87. The maximum atomic E-state index is 13.4. The Morgan fingerprint density at radius 3 is 2.53 bits per heavy atom. The molecule has 0 unspecified atom stereocenters. The molecule has 1 heterocycles. The molecule has 0 spiro atoms. The molecule has 2 aromatic carbocycles. The number of benzene rings is 2. The molecule has 0 N–H and O–H groups in total. The van der Waals surface area contributed by atoms with E-state index in [-0.39, 0.29) is 48.1 Å². The van der Waals surface area contributed by atoms with Crippen LogP contribution in [0.2, 0.25) is 5.02 Å². The molecule has 0 aliphatic carbocycles. The zero-order valence-electron chi connectivity index (χ0n) is 18.1. The Balaban J connectivity index is 1.82. The van der Waals surface area contributed by atoms with Gasteiger partial charge in [-0.25, -0.2) is 0 Å². The van der Waals surface area contributed by atoms with E-state index in [9.17, 15) is 14.4 Å². The number of carbonyl (C=O) groups excluding carboxylic acids is 3. The summed E-state index contributed by atoms with van der Waals surface area (Å²) in [7, 11) is 0. The molecule has 2 aromatic rings. The number of hydrogen-bond acceptors (Lipinski definition) is 5. The predicted octanol–water partition coefficient (Wildman–Crippen LogP) is 3.85. The Bertz CT molecular complexity index is 1050. The number of para-hydroxylation sites is 1. The van der Waals surface area contributed by atoms with Crippen LogP contribution < -0.4 is 9.64 Å². The molecule has 0 fully saturated rings. The van der Waals surface area contributed by atoms with Crippen molar-refractivity contribution in [3.8, 4) is 5.75 Å². The molecular formula is C24H25ClN2O5. The van der Waals surface area contributed by atoms with Crippen molar-refractivity contribution in [3.05, 3.63) is 70.8 Å². The molecule has 0 aromatic heterocycles. The van der Waals surface area contributed by atoms with Crippen molar-refractivity contribution in [2.24, 2.45) is 0 Å². The van der Waals surface area contributed by atoms with Gasteiger partial charge in [0.1, 0.15) is 25.5 Å². The number of nitrogens with zero attached hydrogens (tertiary/aromatic N) is 2. The Morgan fingerprint density at radius 1 is 1.09 bits per heavy atom. The molecule has 2 amide bonds. The van der Waals surface area contributed by atoms with Crippen LogP contribution >= 0.6 is 11.6 Å². The number of ether oxygens (including phenoxy) is 2. The van der Waals surface area contributed by atoms with Crippen molar-refractivity contribution in [2.75, 3.05) is 31.2 Å². The molecule has 168 valence electrons. The lowest BCUT2D eigenvalue weighted by Gasteiger charge is -2.23. The lowest BCUT2D eigenvalue weighted by atomic mass is 10.1. The maximum Gasteiger partial charge on any atom is 0.302 e. The van der Waals surface area contributed by atoms with E-state index in [1.807, 2.05) is 31.2 Å². The summed E-state index contributed by atoms with van der Waals surface area (Å²) >= 11 is 6.39. The van der Waals surface area contributed by atoms with E-state index in [0.717, 1.165) is 11.1 Å². The van der Waals surface area contributed by atoms with Crippen LogP contribution in [0.4, 0.5) is 5.69 Å². The Labute approximate surface area is 192 Å². The summed E-state index contributed by atoms with van der Waals surface area (Å²) in [6.07, 6.45) is 0. The third-order valence-corrected chi connectivity index (χ3v) is 5.14.